The highest BCUT2D eigenvalue weighted by molar-refractivity contribution is 6.39. The van der Waals surface area contributed by atoms with Crippen molar-refractivity contribution in [2.75, 3.05) is 13.7 Å². The fourth-order valence-electron chi connectivity index (χ4n) is 5.83. The van der Waals surface area contributed by atoms with Gasteiger partial charge in [-0.3, -0.25) is 9.59 Å². The van der Waals surface area contributed by atoms with Crippen molar-refractivity contribution in [2.24, 2.45) is 11.5 Å². The topological polar surface area (TPSA) is 163 Å². The molecule has 1 aliphatic heterocycles. The predicted octanol–water partition coefficient (Wildman–Crippen LogP) is 4.80. The van der Waals surface area contributed by atoms with Gasteiger partial charge in [0.05, 0.1) is 34.2 Å². The van der Waals surface area contributed by atoms with Gasteiger partial charge in [0.2, 0.25) is 11.8 Å². The standard InChI is InChI=1S/C34H34Cl2N8O3/c1-18(37)15-27-32(33(38)46)42-28-13-12-26(43-44(27)28)24-8-4-6-22(31(24)36)21-5-3-7-23(30(21)35)25-11-9-19(34(41-25)47-2)16-39-17-20-10-14-29(45)40-20/h3-9,11-13,18,20,39H,10,14-17,37H2,1-2H3,(H2,38,46)(H,40,45)/t18-,20-/m0/s1. The van der Waals surface area contributed by atoms with E-state index in [1.165, 1.54) is 0 Å². The molecule has 6 rings (SSSR count). The predicted molar refractivity (Wildman–Crippen MR) is 182 cm³/mol. The molecule has 13 heteroatoms. The van der Waals surface area contributed by atoms with Crippen LogP contribution in [0.15, 0.2) is 60.7 Å². The number of hydrogen-bond acceptors (Lipinski definition) is 8. The lowest BCUT2D eigenvalue weighted by molar-refractivity contribution is -0.119. The zero-order valence-electron chi connectivity index (χ0n) is 25.9. The van der Waals surface area contributed by atoms with Crippen LogP contribution in [0.4, 0.5) is 0 Å². The molecule has 0 radical (unpaired) electrons. The molecule has 2 atom stereocenters. The van der Waals surface area contributed by atoms with Gasteiger partial charge in [-0.25, -0.2) is 14.5 Å². The number of halogens is 2. The van der Waals surface area contributed by atoms with Crippen molar-refractivity contribution in [3.63, 3.8) is 0 Å². The number of ether oxygens (including phenoxy) is 1. The van der Waals surface area contributed by atoms with Crippen LogP contribution in [0, 0.1) is 0 Å². The van der Waals surface area contributed by atoms with Gasteiger partial charge in [-0.2, -0.15) is 5.10 Å². The molecular formula is C34H34Cl2N8O3. The molecule has 47 heavy (non-hydrogen) atoms. The number of benzene rings is 2. The molecule has 2 aromatic carbocycles. The number of methoxy groups -OCH3 is 1. The van der Waals surface area contributed by atoms with Crippen LogP contribution in [0.25, 0.3) is 39.3 Å². The number of aromatic nitrogens is 4. The molecule has 0 bridgehead atoms. The Labute approximate surface area is 281 Å². The van der Waals surface area contributed by atoms with Crippen LogP contribution >= 0.6 is 23.2 Å². The molecule has 0 saturated carbocycles. The normalized spacial score (nSPS) is 15.2. The SMILES string of the molecule is COc1nc(-c2cccc(-c3cccc(-c4ccc5nc(C(N)=O)c(C[C@H](C)N)n5n4)c3Cl)c2Cl)ccc1CNC[C@@H]1CCC(=O)N1. The van der Waals surface area contributed by atoms with Crippen molar-refractivity contribution < 1.29 is 14.3 Å². The smallest absolute Gasteiger partial charge is 0.269 e. The Morgan fingerprint density at radius 2 is 1.68 bits per heavy atom. The van der Waals surface area contributed by atoms with Gasteiger partial charge in [0, 0.05) is 65.8 Å². The maximum absolute atomic E-state index is 12.1. The third kappa shape index (κ3) is 6.66. The van der Waals surface area contributed by atoms with Crippen molar-refractivity contribution >= 4 is 40.7 Å². The van der Waals surface area contributed by atoms with Crippen molar-refractivity contribution in [1.29, 1.82) is 0 Å². The molecule has 11 nitrogen and oxygen atoms in total. The summed E-state index contributed by atoms with van der Waals surface area (Å²) in [5, 5.41) is 12.1. The second-order valence-electron chi connectivity index (χ2n) is 11.6. The van der Waals surface area contributed by atoms with Crippen molar-refractivity contribution in [3.8, 4) is 39.5 Å². The fourth-order valence-corrected chi connectivity index (χ4v) is 6.47. The number of imidazole rings is 1. The molecule has 1 aliphatic rings. The summed E-state index contributed by atoms with van der Waals surface area (Å²) in [5.74, 6) is -0.0703. The van der Waals surface area contributed by atoms with E-state index in [1.807, 2.05) is 55.5 Å². The Morgan fingerprint density at radius 3 is 2.30 bits per heavy atom. The zero-order valence-corrected chi connectivity index (χ0v) is 27.4. The summed E-state index contributed by atoms with van der Waals surface area (Å²) in [6, 6.07) is 18.7. The Balaban J connectivity index is 1.31. The minimum atomic E-state index is -0.642. The average molecular weight is 674 g/mol. The number of nitrogens with two attached hydrogens (primary N) is 2. The number of carbonyl (C=O) groups excluding carboxylic acids is 2. The van der Waals surface area contributed by atoms with E-state index in [0.29, 0.717) is 75.7 Å². The number of rotatable bonds is 11. The summed E-state index contributed by atoms with van der Waals surface area (Å²) in [5.41, 5.74) is 17.7. The average Bonchev–Trinajstić information content (AvgIpc) is 3.64. The number of nitrogens with zero attached hydrogens (tertiary/aromatic N) is 4. The van der Waals surface area contributed by atoms with Gasteiger partial charge in [0.15, 0.2) is 11.3 Å². The van der Waals surface area contributed by atoms with Gasteiger partial charge >= 0.3 is 0 Å². The van der Waals surface area contributed by atoms with Gasteiger partial charge in [-0.05, 0) is 31.5 Å². The lowest BCUT2D eigenvalue weighted by Gasteiger charge is -2.15. The Bertz CT molecular complexity index is 1990. The third-order valence-electron chi connectivity index (χ3n) is 8.08. The molecule has 6 N–H and O–H groups in total. The van der Waals surface area contributed by atoms with Crippen LogP contribution in [0.2, 0.25) is 10.0 Å². The highest BCUT2D eigenvalue weighted by Crippen LogP contribution is 2.42. The van der Waals surface area contributed by atoms with Crippen molar-refractivity contribution in [1.82, 2.24) is 30.2 Å². The van der Waals surface area contributed by atoms with E-state index in [-0.39, 0.29) is 23.7 Å². The summed E-state index contributed by atoms with van der Waals surface area (Å²) in [7, 11) is 1.58. The molecular weight excluding hydrogens is 639 g/mol. The molecule has 5 aromatic rings. The van der Waals surface area contributed by atoms with Crippen LogP contribution in [-0.4, -0.2) is 57.1 Å². The Hall–Kier alpha value is -4.55. The second-order valence-corrected chi connectivity index (χ2v) is 12.3. The van der Waals surface area contributed by atoms with Crippen LogP contribution in [0.3, 0.4) is 0 Å². The summed E-state index contributed by atoms with van der Waals surface area (Å²) < 4.78 is 7.23. The van der Waals surface area contributed by atoms with E-state index in [4.69, 9.17) is 49.5 Å². The Kier molecular flexibility index (Phi) is 9.42. The van der Waals surface area contributed by atoms with Crippen LogP contribution in [0.5, 0.6) is 5.88 Å². The van der Waals surface area contributed by atoms with E-state index in [2.05, 4.69) is 15.6 Å². The highest BCUT2D eigenvalue weighted by atomic mass is 35.5. The van der Waals surface area contributed by atoms with Crippen molar-refractivity contribution in [2.45, 2.75) is 44.8 Å². The summed E-state index contributed by atoms with van der Waals surface area (Å²) in [4.78, 5) is 32.8. The first kappa shape index (κ1) is 32.4. The molecule has 0 aliphatic carbocycles. The summed E-state index contributed by atoms with van der Waals surface area (Å²) >= 11 is 14.1. The molecule has 1 saturated heterocycles. The Morgan fingerprint density at radius 1 is 1.02 bits per heavy atom. The highest BCUT2D eigenvalue weighted by Gasteiger charge is 2.22. The molecule has 1 fully saturated rings. The number of carbonyl (C=O) groups is 2. The first-order chi connectivity index (χ1) is 22.6. The van der Waals surface area contributed by atoms with E-state index in [0.717, 1.165) is 23.1 Å². The van der Waals surface area contributed by atoms with Gasteiger partial charge in [-0.1, -0.05) is 65.7 Å². The van der Waals surface area contributed by atoms with E-state index < -0.39 is 5.91 Å². The molecule has 3 aromatic heterocycles. The van der Waals surface area contributed by atoms with Gasteiger partial charge in [0.1, 0.15) is 0 Å². The quantitative estimate of drug-likeness (QED) is 0.156. The second kappa shape index (κ2) is 13.7. The number of primary amides is 1. The first-order valence-electron chi connectivity index (χ1n) is 15.2. The summed E-state index contributed by atoms with van der Waals surface area (Å²) in [6.45, 7) is 3.04. The zero-order chi connectivity index (χ0) is 33.2. The first-order valence-corrected chi connectivity index (χ1v) is 16.0. The number of pyridine rings is 1. The number of amides is 2. The number of nitrogens with one attached hydrogen (secondary N) is 2. The lowest BCUT2D eigenvalue weighted by Crippen LogP contribution is -2.35. The number of fused-ring (bicyclic) bond motifs is 1. The third-order valence-corrected chi connectivity index (χ3v) is 8.90. The lowest BCUT2D eigenvalue weighted by atomic mass is 9.98. The monoisotopic (exact) mass is 672 g/mol. The minimum absolute atomic E-state index is 0.0898. The molecule has 0 unspecified atom stereocenters. The minimum Gasteiger partial charge on any atom is -0.481 e. The van der Waals surface area contributed by atoms with E-state index in [1.54, 1.807) is 23.8 Å². The maximum atomic E-state index is 12.1. The van der Waals surface area contributed by atoms with Crippen LogP contribution < -0.4 is 26.8 Å². The fraction of sp³-hybridized carbons (Fsp3) is 0.265. The molecule has 4 heterocycles. The largest absolute Gasteiger partial charge is 0.481 e. The van der Waals surface area contributed by atoms with E-state index >= 15 is 0 Å². The maximum Gasteiger partial charge on any atom is 0.269 e. The molecule has 0 spiro atoms. The van der Waals surface area contributed by atoms with Gasteiger partial charge in [-0.15, -0.1) is 0 Å². The van der Waals surface area contributed by atoms with Crippen LogP contribution in [-0.2, 0) is 17.8 Å². The number of hydrogen-bond donors (Lipinski definition) is 4. The summed E-state index contributed by atoms with van der Waals surface area (Å²) in [6.07, 6.45) is 1.75. The van der Waals surface area contributed by atoms with E-state index in [9.17, 15) is 9.59 Å². The van der Waals surface area contributed by atoms with Crippen molar-refractivity contribution in [3.05, 3.63) is 87.7 Å². The van der Waals surface area contributed by atoms with Gasteiger partial charge < -0.3 is 26.8 Å². The molecule has 242 valence electrons. The van der Waals surface area contributed by atoms with Gasteiger partial charge in [0.25, 0.3) is 5.91 Å². The van der Waals surface area contributed by atoms with Crippen LogP contribution in [0.1, 0.15) is 41.5 Å². The molecule has 2 amide bonds.